The van der Waals surface area contributed by atoms with Crippen LogP contribution in [0.1, 0.15) is 40.0 Å². The fraction of sp³-hybridized carbons (Fsp3) is 1.00. The van der Waals surface area contributed by atoms with Crippen molar-refractivity contribution in [2.24, 2.45) is 11.3 Å². The van der Waals surface area contributed by atoms with E-state index >= 15 is 0 Å². The number of hydrogen-bond donors (Lipinski definition) is 3. The topological polar surface area (TPSA) is 52.5 Å². The third-order valence-corrected chi connectivity index (χ3v) is 3.30. The first kappa shape index (κ1) is 12.9. The number of nitrogens with one attached hydrogen (secondary N) is 1. The van der Waals surface area contributed by atoms with Gasteiger partial charge in [-0.1, -0.05) is 20.8 Å². The van der Waals surface area contributed by atoms with E-state index in [9.17, 15) is 0 Å². The van der Waals surface area contributed by atoms with E-state index in [-0.39, 0.29) is 19.3 Å². The fourth-order valence-electron chi connectivity index (χ4n) is 2.97. The maximum atomic E-state index is 9.03. The predicted octanol–water partition coefficient (Wildman–Crippen LogP) is 1.14. The monoisotopic (exact) mass is 215 g/mol. The predicted molar refractivity (Wildman–Crippen MR) is 61.7 cm³/mol. The second kappa shape index (κ2) is 5.28. The van der Waals surface area contributed by atoms with Crippen LogP contribution in [0.5, 0.6) is 0 Å². The van der Waals surface area contributed by atoms with Crippen LogP contribution in [0.4, 0.5) is 0 Å². The van der Waals surface area contributed by atoms with Crippen molar-refractivity contribution in [3.8, 4) is 0 Å². The second-order valence-corrected chi connectivity index (χ2v) is 5.84. The lowest BCUT2D eigenvalue weighted by molar-refractivity contribution is 0.111. The molecule has 3 N–H and O–H groups in total. The van der Waals surface area contributed by atoms with Gasteiger partial charge in [-0.05, 0) is 30.6 Å². The SMILES string of the molecule is CC1CC(NC(CO)CO)CC(C)(C)C1. The Morgan fingerprint density at radius 2 is 1.87 bits per heavy atom. The summed E-state index contributed by atoms with van der Waals surface area (Å²) in [5.41, 5.74) is 0.380. The summed E-state index contributed by atoms with van der Waals surface area (Å²) in [4.78, 5) is 0. The van der Waals surface area contributed by atoms with Crippen LogP contribution in [0.3, 0.4) is 0 Å². The molecule has 3 nitrogen and oxygen atoms in total. The van der Waals surface area contributed by atoms with Crippen LogP contribution in [-0.2, 0) is 0 Å². The molecule has 2 atom stereocenters. The molecule has 0 aromatic carbocycles. The highest BCUT2D eigenvalue weighted by molar-refractivity contribution is 4.88. The summed E-state index contributed by atoms with van der Waals surface area (Å²) in [5.74, 6) is 0.726. The lowest BCUT2D eigenvalue weighted by Crippen LogP contribution is -2.47. The third kappa shape index (κ3) is 4.09. The zero-order chi connectivity index (χ0) is 11.5. The average Bonchev–Trinajstić information content (AvgIpc) is 2.10. The third-order valence-electron chi connectivity index (χ3n) is 3.30. The normalized spacial score (nSPS) is 30.8. The van der Waals surface area contributed by atoms with Gasteiger partial charge < -0.3 is 15.5 Å². The Balaban J connectivity index is 2.47. The van der Waals surface area contributed by atoms with Crippen molar-refractivity contribution in [2.45, 2.75) is 52.1 Å². The summed E-state index contributed by atoms with van der Waals surface area (Å²) in [7, 11) is 0. The number of aliphatic hydroxyl groups excluding tert-OH is 2. The van der Waals surface area contributed by atoms with E-state index < -0.39 is 0 Å². The molecule has 0 aromatic rings. The molecule has 0 aromatic heterocycles. The highest BCUT2D eigenvalue weighted by atomic mass is 16.3. The minimum absolute atomic E-state index is 0.0157. The van der Waals surface area contributed by atoms with E-state index in [1.165, 1.54) is 6.42 Å². The second-order valence-electron chi connectivity index (χ2n) is 5.84. The summed E-state index contributed by atoms with van der Waals surface area (Å²) in [5, 5.41) is 21.4. The van der Waals surface area contributed by atoms with Gasteiger partial charge in [0, 0.05) is 6.04 Å². The summed E-state index contributed by atoms with van der Waals surface area (Å²) < 4.78 is 0. The Kier molecular flexibility index (Phi) is 4.56. The highest BCUT2D eigenvalue weighted by Crippen LogP contribution is 2.38. The Hall–Kier alpha value is -0.120. The van der Waals surface area contributed by atoms with Gasteiger partial charge in [0.2, 0.25) is 0 Å². The minimum Gasteiger partial charge on any atom is -0.395 e. The summed E-state index contributed by atoms with van der Waals surface area (Å²) in [6.45, 7) is 6.90. The molecule has 0 saturated heterocycles. The summed E-state index contributed by atoms with van der Waals surface area (Å²) in [6.07, 6.45) is 3.56. The van der Waals surface area contributed by atoms with Gasteiger partial charge in [0.05, 0.1) is 19.3 Å². The molecule has 1 saturated carbocycles. The van der Waals surface area contributed by atoms with Crippen molar-refractivity contribution in [1.29, 1.82) is 0 Å². The fourth-order valence-corrected chi connectivity index (χ4v) is 2.97. The van der Waals surface area contributed by atoms with E-state index in [1.807, 2.05) is 0 Å². The lowest BCUT2D eigenvalue weighted by atomic mass is 9.70. The van der Waals surface area contributed by atoms with Crippen molar-refractivity contribution in [2.75, 3.05) is 13.2 Å². The number of hydrogen-bond acceptors (Lipinski definition) is 3. The van der Waals surface area contributed by atoms with Crippen LogP contribution in [0.15, 0.2) is 0 Å². The molecule has 0 bridgehead atoms. The van der Waals surface area contributed by atoms with Crippen LogP contribution in [0.2, 0.25) is 0 Å². The molecule has 90 valence electrons. The van der Waals surface area contributed by atoms with E-state index in [2.05, 4.69) is 26.1 Å². The average molecular weight is 215 g/mol. The summed E-state index contributed by atoms with van der Waals surface area (Å²) >= 11 is 0. The van der Waals surface area contributed by atoms with Crippen LogP contribution in [0.25, 0.3) is 0 Å². The Morgan fingerprint density at radius 3 is 2.33 bits per heavy atom. The first-order valence-corrected chi connectivity index (χ1v) is 5.94. The molecule has 0 heterocycles. The molecule has 1 aliphatic carbocycles. The van der Waals surface area contributed by atoms with Gasteiger partial charge in [-0.2, -0.15) is 0 Å². The van der Waals surface area contributed by atoms with E-state index in [1.54, 1.807) is 0 Å². The van der Waals surface area contributed by atoms with Crippen LogP contribution in [-0.4, -0.2) is 35.5 Å². The van der Waals surface area contributed by atoms with Gasteiger partial charge in [-0.25, -0.2) is 0 Å². The standard InChI is InChI=1S/C12H25NO2/c1-9-4-10(6-12(2,3)5-9)13-11(7-14)8-15/h9-11,13-15H,4-8H2,1-3H3. The van der Waals surface area contributed by atoms with Gasteiger partial charge >= 0.3 is 0 Å². The maximum absolute atomic E-state index is 9.03. The Labute approximate surface area is 92.9 Å². The largest absolute Gasteiger partial charge is 0.395 e. The van der Waals surface area contributed by atoms with Gasteiger partial charge in [-0.3, -0.25) is 0 Å². The molecule has 3 heteroatoms. The lowest BCUT2D eigenvalue weighted by Gasteiger charge is -2.40. The van der Waals surface area contributed by atoms with Crippen LogP contribution < -0.4 is 5.32 Å². The molecule has 1 rings (SSSR count). The molecule has 1 aliphatic rings. The highest BCUT2D eigenvalue weighted by Gasteiger charge is 2.32. The minimum atomic E-state index is -0.156. The van der Waals surface area contributed by atoms with Crippen LogP contribution >= 0.6 is 0 Å². The number of aliphatic hydroxyl groups is 2. The summed E-state index contributed by atoms with van der Waals surface area (Å²) in [6, 6.07) is 0.282. The number of rotatable bonds is 4. The first-order chi connectivity index (χ1) is 6.96. The Bertz CT molecular complexity index is 190. The van der Waals surface area contributed by atoms with Crippen molar-refractivity contribution in [1.82, 2.24) is 5.32 Å². The molecular formula is C12H25NO2. The first-order valence-electron chi connectivity index (χ1n) is 5.94. The molecule has 0 amide bonds. The van der Waals surface area contributed by atoms with E-state index in [0.717, 1.165) is 18.8 Å². The van der Waals surface area contributed by atoms with Gasteiger partial charge in [0.25, 0.3) is 0 Å². The van der Waals surface area contributed by atoms with Gasteiger partial charge in [0.15, 0.2) is 0 Å². The van der Waals surface area contributed by atoms with Crippen molar-refractivity contribution >= 4 is 0 Å². The van der Waals surface area contributed by atoms with Gasteiger partial charge in [0.1, 0.15) is 0 Å². The zero-order valence-electron chi connectivity index (χ0n) is 10.2. The molecule has 0 aliphatic heterocycles. The van der Waals surface area contributed by atoms with Crippen LogP contribution in [0, 0.1) is 11.3 Å². The Morgan fingerprint density at radius 1 is 1.27 bits per heavy atom. The molecule has 2 unspecified atom stereocenters. The molecule has 15 heavy (non-hydrogen) atoms. The molecule has 0 radical (unpaired) electrons. The molecule has 0 spiro atoms. The van der Waals surface area contributed by atoms with Crippen molar-refractivity contribution < 1.29 is 10.2 Å². The van der Waals surface area contributed by atoms with Gasteiger partial charge in [-0.15, -0.1) is 0 Å². The van der Waals surface area contributed by atoms with Crippen molar-refractivity contribution in [3.63, 3.8) is 0 Å². The molecule has 1 fully saturated rings. The molecular weight excluding hydrogens is 190 g/mol. The maximum Gasteiger partial charge on any atom is 0.0607 e. The van der Waals surface area contributed by atoms with E-state index in [4.69, 9.17) is 10.2 Å². The zero-order valence-corrected chi connectivity index (χ0v) is 10.2. The quantitative estimate of drug-likeness (QED) is 0.659. The smallest absolute Gasteiger partial charge is 0.0607 e. The van der Waals surface area contributed by atoms with Crippen molar-refractivity contribution in [3.05, 3.63) is 0 Å². The van der Waals surface area contributed by atoms with E-state index in [0.29, 0.717) is 11.5 Å².